The number of carbonyl (C=O) groups is 1. The summed E-state index contributed by atoms with van der Waals surface area (Å²) in [6, 6.07) is 20.9. The van der Waals surface area contributed by atoms with E-state index in [2.05, 4.69) is 10.1 Å². The van der Waals surface area contributed by atoms with Crippen LogP contribution in [0.25, 0.3) is 15.9 Å². The number of rotatable bonds is 5. The fourth-order valence-electron chi connectivity index (χ4n) is 3.48. The minimum absolute atomic E-state index is 0.180. The molecule has 0 aliphatic carbocycles. The molecule has 32 heavy (non-hydrogen) atoms. The highest BCUT2D eigenvalue weighted by Crippen LogP contribution is 2.32. The Bertz CT molecular complexity index is 1400. The maximum absolute atomic E-state index is 13.7. The number of anilines is 1. The van der Waals surface area contributed by atoms with Crippen molar-refractivity contribution >= 4 is 44.2 Å². The van der Waals surface area contributed by atoms with Gasteiger partial charge >= 0.3 is 0 Å². The summed E-state index contributed by atoms with van der Waals surface area (Å²) >= 11 is 7.58. The Kier molecular flexibility index (Phi) is 5.43. The van der Waals surface area contributed by atoms with Gasteiger partial charge in [-0.1, -0.05) is 47.2 Å². The first-order valence-corrected chi connectivity index (χ1v) is 11.2. The second kappa shape index (κ2) is 8.53. The van der Waals surface area contributed by atoms with E-state index in [-0.39, 0.29) is 5.91 Å². The van der Waals surface area contributed by atoms with Gasteiger partial charge in [0.25, 0.3) is 5.91 Å². The lowest BCUT2D eigenvalue weighted by Gasteiger charge is -2.19. The van der Waals surface area contributed by atoms with Gasteiger partial charge in [-0.25, -0.2) is 9.67 Å². The van der Waals surface area contributed by atoms with Crippen LogP contribution in [0.1, 0.15) is 21.7 Å². The molecule has 5 aromatic rings. The van der Waals surface area contributed by atoms with Crippen LogP contribution in [-0.2, 0) is 6.54 Å². The Morgan fingerprint density at radius 2 is 1.91 bits per heavy atom. The Balaban J connectivity index is 1.57. The largest absolute Gasteiger partial charge is 0.278 e. The highest BCUT2D eigenvalue weighted by atomic mass is 35.5. The van der Waals surface area contributed by atoms with E-state index < -0.39 is 0 Å². The van der Waals surface area contributed by atoms with Crippen molar-refractivity contribution in [1.82, 2.24) is 19.7 Å². The van der Waals surface area contributed by atoms with E-state index in [1.54, 1.807) is 28.0 Å². The minimum Gasteiger partial charge on any atom is -0.278 e. The van der Waals surface area contributed by atoms with Crippen LogP contribution in [0.4, 0.5) is 5.13 Å². The van der Waals surface area contributed by atoms with Gasteiger partial charge in [-0.2, -0.15) is 5.10 Å². The number of pyridine rings is 1. The van der Waals surface area contributed by atoms with Gasteiger partial charge < -0.3 is 0 Å². The van der Waals surface area contributed by atoms with Crippen LogP contribution >= 0.6 is 22.9 Å². The summed E-state index contributed by atoms with van der Waals surface area (Å²) in [7, 11) is 0. The second-order valence-corrected chi connectivity index (χ2v) is 8.66. The molecular formula is C24H18ClN5OS. The average molecular weight is 460 g/mol. The van der Waals surface area contributed by atoms with Crippen molar-refractivity contribution in [3.63, 3.8) is 0 Å². The van der Waals surface area contributed by atoms with Crippen LogP contribution in [0, 0.1) is 6.92 Å². The third-order valence-electron chi connectivity index (χ3n) is 5.10. The zero-order valence-corrected chi connectivity index (χ0v) is 18.7. The lowest BCUT2D eigenvalue weighted by atomic mass is 10.2. The molecule has 158 valence electrons. The molecular weight excluding hydrogens is 442 g/mol. The highest BCUT2D eigenvalue weighted by Gasteiger charge is 2.26. The van der Waals surface area contributed by atoms with E-state index in [4.69, 9.17) is 16.6 Å². The topological polar surface area (TPSA) is 63.9 Å². The van der Waals surface area contributed by atoms with Gasteiger partial charge in [-0.15, -0.1) is 0 Å². The molecule has 0 N–H and O–H groups in total. The van der Waals surface area contributed by atoms with E-state index in [0.29, 0.717) is 22.3 Å². The first-order chi connectivity index (χ1) is 15.6. The summed E-state index contributed by atoms with van der Waals surface area (Å²) < 4.78 is 2.69. The predicted octanol–water partition coefficient (Wildman–Crippen LogP) is 5.69. The Morgan fingerprint density at radius 1 is 1.09 bits per heavy atom. The fraction of sp³-hybridized carbons (Fsp3) is 0.0833. The summed E-state index contributed by atoms with van der Waals surface area (Å²) in [4.78, 5) is 24.5. The van der Waals surface area contributed by atoms with Crippen molar-refractivity contribution in [3.8, 4) is 5.69 Å². The summed E-state index contributed by atoms with van der Waals surface area (Å²) in [5.74, 6) is -0.180. The summed E-state index contributed by atoms with van der Waals surface area (Å²) in [6.07, 6.45) is 3.33. The van der Waals surface area contributed by atoms with Crippen LogP contribution < -0.4 is 4.90 Å². The molecule has 0 spiro atoms. The molecule has 0 saturated carbocycles. The van der Waals surface area contributed by atoms with Crippen molar-refractivity contribution in [2.24, 2.45) is 0 Å². The molecule has 3 aromatic heterocycles. The van der Waals surface area contributed by atoms with Crippen molar-refractivity contribution in [3.05, 3.63) is 101 Å². The number of hydrogen-bond acceptors (Lipinski definition) is 5. The molecule has 2 aromatic carbocycles. The summed E-state index contributed by atoms with van der Waals surface area (Å²) in [5.41, 5.74) is 3.74. The smallest absolute Gasteiger partial charge is 0.263 e. The van der Waals surface area contributed by atoms with Gasteiger partial charge in [0.2, 0.25) is 0 Å². The first-order valence-electron chi connectivity index (χ1n) is 9.98. The van der Waals surface area contributed by atoms with Gasteiger partial charge in [0.1, 0.15) is 0 Å². The number of thiazole rings is 1. The third-order valence-corrected chi connectivity index (χ3v) is 6.38. The number of para-hydroxylation sites is 1. The van der Waals surface area contributed by atoms with Crippen LogP contribution in [-0.4, -0.2) is 25.7 Å². The van der Waals surface area contributed by atoms with Gasteiger partial charge in [0, 0.05) is 11.2 Å². The number of benzene rings is 2. The second-order valence-electron chi connectivity index (χ2n) is 7.21. The Hall–Kier alpha value is -3.55. The maximum atomic E-state index is 13.7. The van der Waals surface area contributed by atoms with E-state index in [1.807, 2.05) is 67.6 Å². The normalized spacial score (nSPS) is 11.1. The Labute approximate surface area is 193 Å². The first kappa shape index (κ1) is 20.4. The molecule has 0 unspecified atom stereocenters. The van der Waals surface area contributed by atoms with Crippen molar-refractivity contribution in [2.45, 2.75) is 13.5 Å². The fourth-order valence-corrected chi connectivity index (χ4v) is 4.72. The zero-order valence-electron chi connectivity index (χ0n) is 17.1. The van der Waals surface area contributed by atoms with Crippen molar-refractivity contribution in [2.75, 3.05) is 4.90 Å². The number of aromatic nitrogens is 4. The maximum Gasteiger partial charge on any atom is 0.263 e. The quantitative estimate of drug-likeness (QED) is 0.339. The van der Waals surface area contributed by atoms with E-state index in [0.717, 1.165) is 27.3 Å². The number of carbonyl (C=O) groups excluding carboxylic acids is 1. The van der Waals surface area contributed by atoms with Crippen molar-refractivity contribution in [1.29, 1.82) is 0 Å². The van der Waals surface area contributed by atoms with Crippen LogP contribution in [0.2, 0.25) is 5.02 Å². The number of halogens is 1. The molecule has 5 rings (SSSR count). The van der Waals surface area contributed by atoms with Crippen LogP contribution in [0.15, 0.2) is 79.1 Å². The minimum atomic E-state index is -0.180. The van der Waals surface area contributed by atoms with Gasteiger partial charge in [0.15, 0.2) is 5.13 Å². The van der Waals surface area contributed by atoms with Crippen LogP contribution in [0.3, 0.4) is 0 Å². The molecule has 0 atom stereocenters. The number of hydrogen-bond donors (Lipinski definition) is 0. The number of fused-ring (bicyclic) bond motifs is 1. The van der Waals surface area contributed by atoms with Gasteiger partial charge in [-0.05, 0) is 49.4 Å². The third kappa shape index (κ3) is 3.88. The standard InChI is InChI=1S/C24H18ClN5OS/c1-16-20(14-27-30(16)19-8-3-2-4-9-19)23(31)29(15-18-7-5-6-12-26-18)24-28-21-11-10-17(25)13-22(21)32-24/h2-14H,15H2,1H3. The summed E-state index contributed by atoms with van der Waals surface area (Å²) in [5, 5.41) is 5.69. The highest BCUT2D eigenvalue weighted by molar-refractivity contribution is 7.22. The average Bonchev–Trinajstić information content (AvgIpc) is 3.41. The molecule has 0 radical (unpaired) electrons. The molecule has 6 nitrogen and oxygen atoms in total. The monoisotopic (exact) mass is 459 g/mol. The predicted molar refractivity (Wildman–Crippen MR) is 128 cm³/mol. The van der Waals surface area contributed by atoms with E-state index in [1.165, 1.54) is 11.3 Å². The molecule has 0 aliphatic rings. The molecule has 0 fully saturated rings. The number of nitrogens with zero attached hydrogens (tertiary/aromatic N) is 5. The molecule has 1 amide bonds. The van der Waals surface area contributed by atoms with Crippen molar-refractivity contribution < 1.29 is 4.79 Å². The molecule has 3 heterocycles. The number of amides is 1. The SMILES string of the molecule is Cc1c(C(=O)N(Cc2ccccn2)c2nc3ccc(Cl)cc3s2)cnn1-c1ccccc1. The Morgan fingerprint density at radius 3 is 2.69 bits per heavy atom. The van der Waals surface area contributed by atoms with E-state index in [9.17, 15) is 4.79 Å². The van der Waals surface area contributed by atoms with Crippen LogP contribution in [0.5, 0.6) is 0 Å². The molecule has 8 heteroatoms. The molecule has 0 bridgehead atoms. The van der Waals surface area contributed by atoms with Gasteiger partial charge in [-0.3, -0.25) is 14.7 Å². The lowest BCUT2D eigenvalue weighted by Crippen LogP contribution is -2.31. The van der Waals surface area contributed by atoms with Gasteiger partial charge in [0.05, 0.1) is 45.6 Å². The summed E-state index contributed by atoms with van der Waals surface area (Å²) in [6.45, 7) is 2.19. The zero-order chi connectivity index (χ0) is 22.1. The molecule has 0 aliphatic heterocycles. The lowest BCUT2D eigenvalue weighted by molar-refractivity contribution is 0.0984. The molecule has 0 saturated heterocycles. The van der Waals surface area contributed by atoms with E-state index >= 15 is 0 Å².